The lowest BCUT2D eigenvalue weighted by Gasteiger charge is -2.30. The Hall–Kier alpha value is -3.26. The number of hydrogen-bond donors (Lipinski definition) is 1. The third-order valence-corrected chi connectivity index (χ3v) is 5.29. The second-order valence-electron chi connectivity index (χ2n) is 7.03. The Balaban J connectivity index is 1.66. The van der Waals surface area contributed by atoms with Crippen molar-refractivity contribution >= 4 is 17.3 Å². The summed E-state index contributed by atoms with van der Waals surface area (Å²) in [5.74, 6) is -0.992. The molecule has 1 saturated heterocycles. The second kappa shape index (κ2) is 7.40. The number of carbonyl (C=O) groups is 1. The predicted octanol–water partition coefficient (Wildman–Crippen LogP) is 3.21. The van der Waals surface area contributed by atoms with Gasteiger partial charge in [0.05, 0.1) is 22.2 Å². The van der Waals surface area contributed by atoms with Crippen molar-refractivity contribution in [2.24, 2.45) is 5.92 Å². The molecule has 0 radical (unpaired) electrons. The van der Waals surface area contributed by atoms with Crippen LogP contribution in [0.4, 0.5) is 5.69 Å². The molecule has 1 aromatic carbocycles. The summed E-state index contributed by atoms with van der Waals surface area (Å²) in [6.07, 6.45) is 3.23. The number of fused-ring (bicyclic) bond motifs is 1. The number of non-ortho nitro benzene ring substituents is 1. The van der Waals surface area contributed by atoms with E-state index in [9.17, 15) is 20.0 Å². The van der Waals surface area contributed by atoms with Gasteiger partial charge < -0.3 is 9.51 Å². The fourth-order valence-electron chi connectivity index (χ4n) is 3.72. The minimum absolute atomic E-state index is 0.0461. The van der Waals surface area contributed by atoms with E-state index in [0.29, 0.717) is 19.4 Å². The van der Waals surface area contributed by atoms with Gasteiger partial charge in [-0.3, -0.25) is 19.8 Å². The van der Waals surface area contributed by atoms with Gasteiger partial charge in [0.25, 0.3) is 5.69 Å². The summed E-state index contributed by atoms with van der Waals surface area (Å²) in [5.41, 5.74) is 3.47. The first kappa shape index (κ1) is 18.1. The Bertz CT molecular complexity index is 1020. The number of carboxylic acids is 1. The zero-order valence-electron chi connectivity index (χ0n) is 15.2. The average Bonchev–Trinajstić information content (AvgIpc) is 3.07. The lowest BCUT2D eigenvalue weighted by atomic mass is 9.97. The van der Waals surface area contributed by atoms with Gasteiger partial charge in [-0.1, -0.05) is 6.07 Å². The standard InChI is InChI=1S/C20H20N4O4/c25-20(26)15-8-11-22(12-9-15)13-17-19(21-18-3-1-2-10-23(17)18)14-4-6-16(7-5-14)24(27)28/h1-7,10,15H,8-9,11-13H2,(H,25,26). The maximum Gasteiger partial charge on any atom is 0.306 e. The number of aromatic nitrogens is 2. The van der Waals surface area contributed by atoms with Crippen molar-refractivity contribution in [3.8, 4) is 11.3 Å². The van der Waals surface area contributed by atoms with Crippen LogP contribution >= 0.6 is 0 Å². The number of aliphatic carboxylic acids is 1. The van der Waals surface area contributed by atoms with Crippen molar-refractivity contribution in [3.05, 3.63) is 64.5 Å². The molecule has 0 atom stereocenters. The van der Waals surface area contributed by atoms with Crippen molar-refractivity contribution < 1.29 is 14.8 Å². The third kappa shape index (κ3) is 3.46. The number of nitro groups is 1. The fourth-order valence-corrected chi connectivity index (χ4v) is 3.72. The molecule has 3 heterocycles. The van der Waals surface area contributed by atoms with Crippen molar-refractivity contribution in [3.63, 3.8) is 0 Å². The van der Waals surface area contributed by atoms with Crippen molar-refractivity contribution in [2.75, 3.05) is 13.1 Å². The lowest BCUT2D eigenvalue weighted by Crippen LogP contribution is -2.36. The van der Waals surface area contributed by atoms with E-state index in [1.54, 1.807) is 12.1 Å². The Morgan fingerprint density at radius 2 is 1.89 bits per heavy atom. The second-order valence-corrected chi connectivity index (χ2v) is 7.03. The highest BCUT2D eigenvalue weighted by Gasteiger charge is 2.26. The third-order valence-electron chi connectivity index (χ3n) is 5.29. The smallest absolute Gasteiger partial charge is 0.306 e. The largest absolute Gasteiger partial charge is 0.481 e. The quantitative estimate of drug-likeness (QED) is 0.539. The zero-order chi connectivity index (χ0) is 19.7. The zero-order valence-corrected chi connectivity index (χ0v) is 15.2. The summed E-state index contributed by atoms with van der Waals surface area (Å²) in [6, 6.07) is 12.2. The molecule has 0 saturated carbocycles. The summed E-state index contributed by atoms with van der Waals surface area (Å²) >= 11 is 0. The van der Waals surface area contributed by atoms with Gasteiger partial charge in [-0.2, -0.15) is 0 Å². The van der Waals surface area contributed by atoms with Crippen LogP contribution in [0.2, 0.25) is 0 Å². The first-order valence-corrected chi connectivity index (χ1v) is 9.19. The molecule has 8 heteroatoms. The monoisotopic (exact) mass is 380 g/mol. The van der Waals surface area contributed by atoms with Crippen molar-refractivity contribution in [1.82, 2.24) is 14.3 Å². The number of nitrogens with zero attached hydrogens (tertiary/aromatic N) is 4. The fraction of sp³-hybridized carbons (Fsp3) is 0.300. The lowest BCUT2D eigenvalue weighted by molar-refractivity contribution is -0.384. The van der Waals surface area contributed by atoms with Crippen LogP contribution < -0.4 is 0 Å². The number of likely N-dealkylation sites (tertiary alicyclic amines) is 1. The summed E-state index contributed by atoms with van der Waals surface area (Å²) in [5, 5.41) is 20.1. The Morgan fingerprint density at radius 3 is 2.54 bits per heavy atom. The van der Waals surface area contributed by atoms with Crippen LogP contribution in [-0.4, -0.2) is 43.4 Å². The van der Waals surface area contributed by atoms with Crippen LogP contribution in [0, 0.1) is 16.0 Å². The molecule has 1 N–H and O–H groups in total. The molecule has 0 aliphatic carbocycles. The minimum Gasteiger partial charge on any atom is -0.481 e. The molecule has 0 spiro atoms. The number of piperidine rings is 1. The minimum atomic E-state index is -0.721. The van der Waals surface area contributed by atoms with E-state index in [1.165, 1.54) is 12.1 Å². The summed E-state index contributed by atoms with van der Waals surface area (Å²) < 4.78 is 2.03. The van der Waals surface area contributed by atoms with Crippen LogP contribution in [0.5, 0.6) is 0 Å². The molecule has 0 bridgehead atoms. The van der Waals surface area contributed by atoms with Crippen LogP contribution in [-0.2, 0) is 11.3 Å². The molecule has 28 heavy (non-hydrogen) atoms. The van der Waals surface area contributed by atoms with Crippen LogP contribution in [0.15, 0.2) is 48.7 Å². The van der Waals surface area contributed by atoms with E-state index in [1.807, 2.05) is 28.8 Å². The summed E-state index contributed by atoms with van der Waals surface area (Å²) in [6.45, 7) is 2.08. The molecule has 2 aromatic heterocycles. The summed E-state index contributed by atoms with van der Waals surface area (Å²) in [7, 11) is 0. The molecule has 144 valence electrons. The molecule has 4 rings (SSSR count). The average molecular weight is 380 g/mol. The highest BCUT2D eigenvalue weighted by molar-refractivity contribution is 5.70. The normalized spacial score (nSPS) is 15.7. The molecule has 1 aliphatic rings. The van der Waals surface area contributed by atoms with Gasteiger partial charge >= 0.3 is 5.97 Å². The van der Waals surface area contributed by atoms with Gasteiger partial charge in [-0.15, -0.1) is 0 Å². The van der Waals surface area contributed by atoms with E-state index in [2.05, 4.69) is 4.90 Å². The highest BCUT2D eigenvalue weighted by atomic mass is 16.6. The van der Waals surface area contributed by atoms with Crippen molar-refractivity contribution in [2.45, 2.75) is 19.4 Å². The Morgan fingerprint density at radius 1 is 1.18 bits per heavy atom. The van der Waals surface area contributed by atoms with E-state index in [4.69, 9.17) is 4.98 Å². The Kier molecular flexibility index (Phi) is 4.79. The van der Waals surface area contributed by atoms with Crippen LogP contribution in [0.3, 0.4) is 0 Å². The molecule has 3 aromatic rings. The first-order chi connectivity index (χ1) is 13.5. The maximum absolute atomic E-state index is 11.2. The van der Waals surface area contributed by atoms with Gasteiger partial charge in [-0.25, -0.2) is 4.98 Å². The van der Waals surface area contributed by atoms with E-state index >= 15 is 0 Å². The SMILES string of the molecule is O=C(O)C1CCN(Cc2c(-c3ccc([N+](=O)[O-])cc3)nc3ccccn23)CC1. The van der Waals surface area contributed by atoms with E-state index < -0.39 is 10.9 Å². The molecule has 8 nitrogen and oxygen atoms in total. The first-order valence-electron chi connectivity index (χ1n) is 9.19. The number of nitro benzene ring substituents is 1. The summed E-state index contributed by atoms with van der Waals surface area (Å²) in [4.78, 5) is 28.7. The predicted molar refractivity (Wildman–Crippen MR) is 103 cm³/mol. The van der Waals surface area contributed by atoms with Crippen LogP contribution in [0.25, 0.3) is 16.9 Å². The van der Waals surface area contributed by atoms with Gasteiger partial charge in [0, 0.05) is 30.4 Å². The Labute approximate surface area is 161 Å². The number of imidazole rings is 1. The molecule has 1 fully saturated rings. The number of pyridine rings is 1. The van der Waals surface area contributed by atoms with Gasteiger partial charge in [0.1, 0.15) is 5.65 Å². The number of benzene rings is 1. The van der Waals surface area contributed by atoms with Crippen molar-refractivity contribution in [1.29, 1.82) is 0 Å². The van der Waals surface area contributed by atoms with Gasteiger partial charge in [0.15, 0.2) is 0 Å². The number of rotatable bonds is 5. The topological polar surface area (TPSA) is 101 Å². The van der Waals surface area contributed by atoms with E-state index in [-0.39, 0.29) is 11.6 Å². The van der Waals surface area contributed by atoms with Crippen LogP contribution in [0.1, 0.15) is 18.5 Å². The maximum atomic E-state index is 11.2. The molecule has 0 unspecified atom stereocenters. The highest BCUT2D eigenvalue weighted by Crippen LogP contribution is 2.28. The molecule has 0 amide bonds. The van der Waals surface area contributed by atoms with Gasteiger partial charge in [0.2, 0.25) is 0 Å². The van der Waals surface area contributed by atoms with E-state index in [0.717, 1.165) is 35.7 Å². The molecular weight excluding hydrogens is 360 g/mol. The number of carboxylic acid groups (broad SMARTS) is 1. The molecule has 1 aliphatic heterocycles. The van der Waals surface area contributed by atoms with Gasteiger partial charge in [-0.05, 0) is 50.2 Å². The number of hydrogen-bond acceptors (Lipinski definition) is 5. The molecular formula is C20H20N4O4.